The maximum atomic E-state index is 11.6. The molecule has 1 aliphatic rings. The number of amides is 1. The van der Waals surface area contributed by atoms with Gasteiger partial charge in [-0.25, -0.2) is 15.0 Å². The largest absolute Gasteiger partial charge is 0.354 e. The number of carbonyl (C=O) groups is 1. The minimum atomic E-state index is 0.795. The lowest BCUT2D eigenvalue weighted by Crippen LogP contribution is -2.54. The van der Waals surface area contributed by atoms with Crippen molar-refractivity contribution in [3.63, 3.8) is 0 Å². The van der Waals surface area contributed by atoms with E-state index < -0.39 is 0 Å². The molecule has 0 radical (unpaired) electrons. The predicted octanol–water partition coefficient (Wildman–Crippen LogP) is 2.09. The van der Waals surface area contributed by atoms with Gasteiger partial charge in [-0.2, -0.15) is 0 Å². The highest BCUT2D eigenvalue weighted by atomic mass is 16.1. The molecule has 22 heavy (non-hydrogen) atoms. The van der Waals surface area contributed by atoms with Crippen LogP contribution >= 0.6 is 0 Å². The molecule has 0 bridgehead atoms. The van der Waals surface area contributed by atoms with Gasteiger partial charge in [0, 0.05) is 32.4 Å². The number of piperazine rings is 1. The van der Waals surface area contributed by atoms with Crippen LogP contribution in [0.4, 0.5) is 11.5 Å². The Kier molecular flexibility index (Phi) is 4.34. The summed E-state index contributed by atoms with van der Waals surface area (Å²) in [6.45, 7) is 5.32. The summed E-state index contributed by atoms with van der Waals surface area (Å²) in [7, 11) is 0. The number of para-hydroxylation sites is 1. The van der Waals surface area contributed by atoms with E-state index in [1.54, 1.807) is 5.01 Å². The summed E-state index contributed by atoms with van der Waals surface area (Å²) < 4.78 is 0. The van der Waals surface area contributed by atoms with Crippen molar-refractivity contribution >= 4 is 17.9 Å². The van der Waals surface area contributed by atoms with Crippen LogP contribution in [-0.4, -0.2) is 42.6 Å². The van der Waals surface area contributed by atoms with E-state index in [1.165, 1.54) is 0 Å². The number of pyridine rings is 1. The second-order valence-corrected chi connectivity index (χ2v) is 5.37. The van der Waals surface area contributed by atoms with Crippen molar-refractivity contribution in [3.8, 4) is 0 Å². The molecule has 0 atom stereocenters. The van der Waals surface area contributed by atoms with Gasteiger partial charge < -0.3 is 4.90 Å². The fourth-order valence-corrected chi connectivity index (χ4v) is 2.78. The second-order valence-electron chi connectivity index (χ2n) is 5.37. The molecule has 0 spiro atoms. The number of benzene rings is 1. The standard InChI is InChI=1S/C17H20N4O/c1-15-6-2-3-7-16(15)21(14-22)20-12-10-19(11-13-20)17-8-4-5-9-18-17/h2-9,14H,10-13H2,1H3. The third kappa shape index (κ3) is 2.94. The van der Waals surface area contributed by atoms with Gasteiger partial charge in [0.2, 0.25) is 6.41 Å². The maximum Gasteiger partial charge on any atom is 0.228 e. The number of aryl methyl sites for hydroxylation is 1. The zero-order valence-corrected chi connectivity index (χ0v) is 12.7. The Morgan fingerprint density at radius 1 is 1.05 bits per heavy atom. The monoisotopic (exact) mass is 296 g/mol. The summed E-state index contributed by atoms with van der Waals surface area (Å²) >= 11 is 0. The fourth-order valence-electron chi connectivity index (χ4n) is 2.78. The van der Waals surface area contributed by atoms with Gasteiger partial charge in [-0.05, 0) is 30.7 Å². The molecular weight excluding hydrogens is 276 g/mol. The van der Waals surface area contributed by atoms with E-state index in [-0.39, 0.29) is 0 Å². The number of hydrogen-bond donors (Lipinski definition) is 0. The van der Waals surface area contributed by atoms with E-state index in [1.807, 2.05) is 55.6 Å². The molecule has 2 heterocycles. The van der Waals surface area contributed by atoms with Crippen molar-refractivity contribution in [1.29, 1.82) is 0 Å². The van der Waals surface area contributed by atoms with Crippen molar-refractivity contribution in [3.05, 3.63) is 54.2 Å². The molecule has 114 valence electrons. The van der Waals surface area contributed by atoms with E-state index in [9.17, 15) is 4.79 Å². The van der Waals surface area contributed by atoms with Crippen LogP contribution in [0.2, 0.25) is 0 Å². The van der Waals surface area contributed by atoms with Gasteiger partial charge in [-0.3, -0.25) is 4.79 Å². The molecule has 3 rings (SSSR count). The molecule has 0 unspecified atom stereocenters. The van der Waals surface area contributed by atoms with Crippen molar-refractivity contribution < 1.29 is 4.79 Å². The molecule has 1 aromatic carbocycles. The molecule has 1 aliphatic heterocycles. The average Bonchev–Trinajstić information content (AvgIpc) is 2.59. The summed E-state index contributed by atoms with van der Waals surface area (Å²) in [5, 5.41) is 3.82. The number of aromatic nitrogens is 1. The molecule has 5 heteroatoms. The lowest BCUT2D eigenvalue weighted by Gasteiger charge is -2.40. The Balaban J connectivity index is 1.70. The Bertz CT molecular complexity index is 624. The lowest BCUT2D eigenvalue weighted by atomic mass is 10.2. The first-order chi connectivity index (χ1) is 10.8. The van der Waals surface area contributed by atoms with E-state index in [0.29, 0.717) is 0 Å². The molecule has 1 saturated heterocycles. The number of nitrogens with zero attached hydrogens (tertiary/aromatic N) is 4. The predicted molar refractivity (Wildman–Crippen MR) is 87.7 cm³/mol. The molecule has 1 aromatic heterocycles. The molecule has 2 aromatic rings. The van der Waals surface area contributed by atoms with E-state index in [0.717, 1.165) is 49.7 Å². The third-order valence-electron chi connectivity index (χ3n) is 4.00. The SMILES string of the molecule is Cc1ccccc1N(C=O)N1CCN(c2ccccn2)CC1. The highest BCUT2D eigenvalue weighted by Gasteiger charge is 2.23. The summed E-state index contributed by atoms with van der Waals surface area (Å²) in [6.07, 6.45) is 2.71. The number of hydrogen-bond acceptors (Lipinski definition) is 4. The van der Waals surface area contributed by atoms with Crippen molar-refractivity contribution in [2.75, 3.05) is 36.1 Å². The minimum absolute atomic E-state index is 0.795. The Morgan fingerprint density at radius 2 is 1.77 bits per heavy atom. The summed E-state index contributed by atoms with van der Waals surface area (Å²) in [5.41, 5.74) is 2.05. The van der Waals surface area contributed by atoms with Crippen LogP contribution < -0.4 is 9.91 Å². The second kappa shape index (κ2) is 6.58. The molecule has 5 nitrogen and oxygen atoms in total. The molecule has 1 fully saturated rings. The minimum Gasteiger partial charge on any atom is -0.354 e. The lowest BCUT2D eigenvalue weighted by molar-refractivity contribution is -0.110. The van der Waals surface area contributed by atoms with Crippen LogP contribution in [0, 0.1) is 6.92 Å². The number of rotatable bonds is 4. The van der Waals surface area contributed by atoms with Gasteiger partial charge in [0.05, 0.1) is 5.69 Å². The van der Waals surface area contributed by atoms with Crippen molar-refractivity contribution in [2.24, 2.45) is 0 Å². The Labute approximate surface area is 130 Å². The van der Waals surface area contributed by atoms with Crippen LogP contribution in [0.15, 0.2) is 48.7 Å². The van der Waals surface area contributed by atoms with Gasteiger partial charge in [-0.1, -0.05) is 24.3 Å². The molecular formula is C17H20N4O. The average molecular weight is 296 g/mol. The molecule has 0 saturated carbocycles. The summed E-state index contributed by atoms with van der Waals surface area (Å²) in [5.74, 6) is 0.996. The van der Waals surface area contributed by atoms with Crippen molar-refractivity contribution in [1.82, 2.24) is 9.99 Å². The molecule has 0 N–H and O–H groups in total. The number of hydrazine groups is 1. The maximum absolute atomic E-state index is 11.6. The highest BCUT2D eigenvalue weighted by Crippen LogP contribution is 2.21. The number of anilines is 2. The van der Waals surface area contributed by atoms with Crippen molar-refractivity contribution in [2.45, 2.75) is 6.92 Å². The van der Waals surface area contributed by atoms with E-state index in [4.69, 9.17) is 0 Å². The van der Waals surface area contributed by atoms with Crippen LogP contribution in [-0.2, 0) is 4.79 Å². The fraction of sp³-hybridized carbons (Fsp3) is 0.294. The van der Waals surface area contributed by atoms with Gasteiger partial charge in [0.1, 0.15) is 5.82 Å². The quantitative estimate of drug-likeness (QED) is 0.810. The first-order valence-electron chi connectivity index (χ1n) is 7.50. The third-order valence-corrected chi connectivity index (χ3v) is 4.00. The smallest absolute Gasteiger partial charge is 0.228 e. The molecule has 0 aliphatic carbocycles. The van der Waals surface area contributed by atoms with Crippen LogP contribution in [0.5, 0.6) is 0 Å². The Morgan fingerprint density at radius 3 is 2.41 bits per heavy atom. The Hall–Kier alpha value is -2.40. The summed E-state index contributed by atoms with van der Waals surface area (Å²) in [4.78, 5) is 18.2. The first kappa shape index (κ1) is 14.5. The van der Waals surface area contributed by atoms with Crippen LogP contribution in [0.25, 0.3) is 0 Å². The zero-order valence-electron chi connectivity index (χ0n) is 12.7. The zero-order chi connectivity index (χ0) is 15.4. The topological polar surface area (TPSA) is 39.7 Å². The van der Waals surface area contributed by atoms with Gasteiger partial charge in [0.25, 0.3) is 0 Å². The van der Waals surface area contributed by atoms with Gasteiger partial charge >= 0.3 is 0 Å². The highest BCUT2D eigenvalue weighted by molar-refractivity contribution is 5.75. The van der Waals surface area contributed by atoms with Gasteiger partial charge in [-0.15, -0.1) is 0 Å². The molecule has 1 amide bonds. The first-order valence-corrected chi connectivity index (χ1v) is 7.50. The van der Waals surface area contributed by atoms with Gasteiger partial charge in [0.15, 0.2) is 0 Å². The van der Waals surface area contributed by atoms with Crippen LogP contribution in [0.3, 0.4) is 0 Å². The van der Waals surface area contributed by atoms with Crippen LogP contribution in [0.1, 0.15) is 5.56 Å². The van der Waals surface area contributed by atoms with E-state index in [2.05, 4.69) is 14.9 Å². The normalized spacial score (nSPS) is 15.6. The number of carbonyl (C=O) groups excluding carboxylic acids is 1. The summed E-state index contributed by atoms with van der Waals surface area (Å²) in [6, 6.07) is 13.9. The van der Waals surface area contributed by atoms with E-state index >= 15 is 0 Å².